The number of carbonyl (C=O) groups is 1. The lowest BCUT2D eigenvalue weighted by Gasteiger charge is -2.37. The van der Waals surface area contributed by atoms with E-state index in [9.17, 15) is 4.79 Å². The van der Waals surface area contributed by atoms with E-state index in [4.69, 9.17) is 9.73 Å². The zero-order valence-corrected chi connectivity index (χ0v) is 14.8. The fourth-order valence-electron chi connectivity index (χ4n) is 3.30. The molecule has 1 heterocycles. The molecule has 0 fully saturated rings. The Bertz CT molecular complexity index is 987. The van der Waals surface area contributed by atoms with Crippen molar-refractivity contribution in [2.75, 3.05) is 7.11 Å². The van der Waals surface area contributed by atoms with Gasteiger partial charge in [0.2, 0.25) is 0 Å². The summed E-state index contributed by atoms with van der Waals surface area (Å²) in [5.74, 6) is 1.16. The first-order valence-corrected chi connectivity index (χ1v) is 8.66. The third-order valence-electron chi connectivity index (χ3n) is 4.54. The zero-order valence-electron chi connectivity index (χ0n) is 14.8. The van der Waals surface area contributed by atoms with Crippen molar-refractivity contribution in [2.45, 2.75) is 5.66 Å². The van der Waals surface area contributed by atoms with Gasteiger partial charge >= 0.3 is 6.03 Å². The zero-order chi connectivity index (χ0) is 18.7. The number of amides is 2. The number of benzene rings is 3. The van der Waals surface area contributed by atoms with E-state index in [2.05, 4.69) is 10.6 Å². The lowest BCUT2D eigenvalue weighted by Crippen LogP contribution is -2.56. The summed E-state index contributed by atoms with van der Waals surface area (Å²) in [6.07, 6.45) is 0. The Hall–Kier alpha value is -3.60. The standard InChI is InChI=1S/C22H19N3O2/c1-27-19-15-9-8-14-18(19)22(17-12-6-3-7-13-17)24-20(23-21(26)25-22)16-10-4-2-5-11-16/h2-15H,1H3,(H2,23,24,25,26). The van der Waals surface area contributed by atoms with Crippen LogP contribution in [0.15, 0.2) is 89.9 Å². The number of ether oxygens (including phenoxy) is 1. The molecule has 0 aromatic heterocycles. The van der Waals surface area contributed by atoms with Crippen LogP contribution in [0.25, 0.3) is 0 Å². The lowest BCUT2D eigenvalue weighted by molar-refractivity contribution is 0.232. The SMILES string of the molecule is COc1ccccc1C1(c2ccccc2)N=C(c2ccccc2)NC(=O)N1. The number of carbonyl (C=O) groups excluding carboxylic acids is 1. The minimum atomic E-state index is -1.10. The molecule has 5 heteroatoms. The summed E-state index contributed by atoms with van der Waals surface area (Å²) < 4.78 is 5.58. The molecule has 3 aromatic carbocycles. The third-order valence-corrected chi connectivity index (χ3v) is 4.54. The molecular weight excluding hydrogens is 338 g/mol. The fourth-order valence-corrected chi connectivity index (χ4v) is 3.30. The van der Waals surface area contributed by atoms with Crippen LogP contribution < -0.4 is 15.4 Å². The highest BCUT2D eigenvalue weighted by Crippen LogP contribution is 2.38. The topological polar surface area (TPSA) is 62.7 Å². The van der Waals surface area contributed by atoms with Gasteiger partial charge in [0, 0.05) is 16.7 Å². The summed E-state index contributed by atoms with van der Waals surface area (Å²) in [5, 5.41) is 5.84. The highest BCUT2D eigenvalue weighted by atomic mass is 16.5. The smallest absolute Gasteiger partial charge is 0.322 e. The van der Waals surface area contributed by atoms with E-state index in [1.54, 1.807) is 7.11 Å². The molecule has 0 saturated heterocycles. The number of rotatable bonds is 4. The molecule has 1 aliphatic rings. The maximum Gasteiger partial charge on any atom is 0.322 e. The predicted octanol–water partition coefficient (Wildman–Crippen LogP) is 3.66. The predicted molar refractivity (Wildman–Crippen MR) is 105 cm³/mol. The molecule has 1 atom stereocenters. The molecule has 0 spiro atoms. The normalized spacial score (nSPS) is 18.9. The second kappa shape index (κ2) is 6.96. The summed E-state index contributed by atoms with van der Waals surface area (Å²) in [4.78, 5) is 17.6. The molecule has 0 radical (unpaired) electrons. The monoisotopic (exact) mass is 357 g/mol. The van der Waals surface area contributed by atoms with Gasteiger partial charge in [0.25, 0.3) is 0 Å². The first kappa shape index (κ1) is 16.8. The van der Waals surface area contributed by atoms with Crippen molar-refractivity contribution in [1.29, 1.82) is 0 Å². The van der Waals surface area contributed by atoms with Crippen LogP contribution in [0.3, 0.4) is 0 Å². The van der Waals surface area contributed by atoms with Crippen LogP contribution in [0.5, 0.6) is 5.75 Å². The molecule has 5 nitrogen and oxygen atoms in total. The molecule has 4 rings (SSSR count). The molecule has 2 N–H and O–H groups in total. The molecular formula is C22H19N3O2. The van der Waals surface area contributed by atoms with Crippen LogP contribution in [0, 0.1) is 0 Å². The van der Waals surface area contributed by atoms with E-state index in [-0.39, 0.29) is 6.03 Å². The second-order valence-corrected chi connectivity index (χ2v) is 6.18. The molecule has 134 valence electrons. The molecule has 3 aromatic rings. The van der Waals surface area contributed by atoms with Crippen LogP contribution in [0.2, 0.25) is 0 Å². The van der Waals surface area contributed by atoms with Crippen LogP contribution in [-0.4, -0.2) is 19.0 Å². The van der Waals surface area contributed by atoms with Gasteiger partial charge in [-0.05, 0) is 6.07 Å². The highest BCUT2D eigenvalue weighted by Gasteiger charge is 2.41. The van der Waals surface area contributed by atoms with Crippen molar-refractivity contribution < 1.29 is 9.53 Å². The van der Waals surface area contributed by atoms with Gasteiger partial charge in [-0.25, -0.2) is 9.79 Å². The molecule has 0 saturated carbocycles. The third kappa shape index (κ3) is 3.04. The van der Waals surface area contributed by atoms with Crippen molar-refractivity contribution in [1.82, 2.24) is 10.6 Å². The first-order chi connectivity index (χ1) is 13.2. The Labute approximate surface area is 157 Å². The minimum Gasteiger partial charge on any atom is -0.496 e. The number of hydrogen-bond donors (Lipinski definition) is 2. The molecule has 27 heavy (non-hydrogen) atoms. The van der Waals surface area contributed by atoms with E-state index in [1.165, 1.54) is 0 Å². The van der Waals surface area contributed by atoms with Gasteiger partial charge in [-0.3, -0.25) is 5.32 Å². The van der Waals surface area contributed by atoms with Crippen molar-refractivity contribution >= 4 is 11.9 Å². The highest BCUT2D eigenvalue weighted by molar-refractivity contribution is 6.09. The van der Waals surface area contributed by atoms with Gasteiger partial charge in [0.1, 0.15) is 11.6 Å². The Morgan fingerprint density at radius 2 is 1.48 bits per heavy atom. The van der Waals surface area contributed by atoms with Gasteiger partial charge in [-0.2, -0.15) is 0 Å². The van der Waals surface area contributed by atoms with Crippen molar-refractivity contribution in [3.05, 3.63) is 102 Å². The van der Waals surface area contributed by atoms with E-state index in [0.717, 1.165) is 16.7 Å². The molecule has 0 aliphatic carbocycles. The number of para-hydroxylation sites is 1. The van der Waals surface area contributed by atoms with Gasteiger partial charge in [-0.1, -0.05) is 78.9 Å². The number of nitrogens with zero attached hydrogens (tertiary/aromatic N) is 1. The van der Waals surface area contributed by atoms with Crippen molar-refractivity contribution in [2.24, 2.45) is 4.99 Å². The van der Waals surface area contributed by atoms with Crippen LogP contribution in [0.4, 0.5) is 4.79 Å². The van der Waals surface area contributed by atoms with Gasteiger partial charge in [0.15, 0.2) is 5.66 Å². The van der Waals surface area contributed by atoms with Crippen molar-refractivity contribution in [3.63, 3.8) is 0 Å². The van der Waals surface area contributed by atoms with Gasteiger partial charge in [-0.15, -0.1) is 0 Å². The van der Waals surface area contributed by atoms with E-state index >= 15 is 0 Å². The number of amidine groups is 1. The van der Waals surface area contributed by atoms with Crippen LogP contribution in [-0.2, 0) is 5.66 Å². The summed E-state index contributed by atoms with van der Waals surface area (Å²) in [6.45, 7) is 0. The van der Waals surface area contributed by atoms with E-state index < -0.39 is 5.66 Å². The van der Waals surface area contributed by atoms with Crippen molar-refractivity contribution in [3.8, 4) is 5.75 Å². The second-order valence-electron chi connectivity index (χ2n) is 6.18. The van der Waals surface area contributed by atoms with E-state index in [0.29, 0.717) is 11.6 Å². The Morgan fingerprint density at radius 1 is 0.852 bits per heavy atom. The molecule has 2 amide bonds. The van der Waals surface area contributed by atoms with E-state index in [1.807, 2.05) is 84.9 Å². The van der Waals surface area contributed by atoms with Gasteiger partial charge in [0.05, 0.1) is 7.11 Å². The fraction of sp³-hybridized carbons (Fsp3) is 0.0909. The Balaban J connectivity index is 2.00. The number of aliphatic imine (C=N–C) groups is 1. The summed E-state index contributed by atoms with van der Waals surface area (Å²) in [5.41, 5.74) is 1.35. The maximum absolute atomic E-state index is 12.7. The number of hydrogen-bond acceptors (Lipinski definition) is 3. The molecule has 1 aliphatic heterocycles. The summed E-state index contributed by atoms with van der Waals surface area (Å²) in [7, 11) is 1.61. The molecule has 1 unspecified atom stereocenters. The average molecular weight is 357 g/mol. The quantitative estimate of drug-likeness (QED) is 0.749. The summed E-state index contributed by atoms with van der Waals surface area (Å²) in [6, 6.07) is 26.6. The summed E-state index contributed by atoms with van der Waals surface area (Å²) >= 11 is 0. The largest absolute Gasteiger partial charge is 0.496 e. The average Bonchev–Trinajstić information content (AvgIpc) is 2.74. The maximum atomic E-state index is 12.7. The number of urea groups is 1. The first-order valence-electron chi connectivity index (χ1n) is 8.66. The number of nitrogens with one attached hydrogen (secondary N) is 2. The minimum absolute atomic E-state index is 0.321. The van der Waals surface area contributed by atoms with Crippen LogP contribution >= 0.6 is 0 Å². The Morgan fingerprint density at radius 3 is 2.19 bits per heavy atom. The van der Waals surface area contributed by atoms with Crippen LogP contribution in [0.1, 0.15) is 16.7 Å². The van der Waals surface area contributed by atoms with Gasteiger partial charge < -0.3 is 10.1 Å². The molecule has 0 bridgehead atoms. The Kier molecular flexibility index (Phi) is 4.34. The lowest BCUT2D eigenvalue weighted by atomic mass is 9.90. The number of methoxy groups -OCH3 is 1.